The van der Waals surface area contributed by atoms with Gasteiger partial charge in [-0.3, -0.25) is 4.79 Å². The highest BCUT2D eigenvalue weighted by molar-refractivity contribution is 5.91. The molecule has 0 aromatic rings. The van der Waals surface area contributed by atoms with Gasteiger partial charge in [0.1, 0.15) is 0 Å². The molecule has 3 nitrogen and oxygen atoms in total. The third-order valence-corrected chi connectivity index (χ3v) is 3.37. The third kappa shape index (κ3) is 2.29. The van der Waals surface area contributed by atoms with E-state index in [1.54, 1.807) is 6.08 Å². The number of rotatable bonds is 1. The molecule has 0 spiro atoms. The quantitative estimate of drug-likeness (QED) is 0.707. The van der Waals surface area contributed by atoms with Crippen molar-refractivity contribution in [2.75, 3.05) is 19.7 Å². The molecule has 3 heteroatoms. The summed E-state index contributed by atoms with van der Waals surface area (Å²) in [5, 5.41) is 3.31. The number of ketones is 1. The van der Waals surface area contributed by atoms with Gasteiger partial charge in [-0.05, 0) is 23.5 Å². The standard InChI is InChI=1S/C12H19NO2/c1-12(2)4-3-9(14)7-10(12)11-8-13-5-6-15-11/h7,11,13H,3-6,8H2,1-2H3. The fourth-order valence-corrected chi connectivity index (χ4v) is 2.31. The lowest BCUT2D eigenvalue weighted by Crippen LogP contribution is -2.43. The summed E-state index contributed by atoms with van der Waals surface area (Å²) in [6, 6.07) is 0. The largest absolute Gasteiger partial charge is 0.371 e. The van der Waals surface area contributed by atoms with Crippen LogP contribution in [0.4, 0.5) is 0 Å². The van der Waals surface area contributed by atoms with E-state index in [9.17, 15) is 4.79 Å². The lowest BCUT2D eigenvalue weighted by Gasteiger charge is -2.37. The molecule has 0 bridgehead atoms. The maximum Gasteiger partial charge on any atom is 0.155 e. The first-order chi connectivity index (χ1) is 7.09. The molecule has 15 heavy (non-hydrogen) atoms. The molecule has 1 fully saturated rings. The smallest absolute Gasteiger partial charge is 0.155 e. The highest BCUT2D eigenvalue weighted by Crippen LogP contribution is 2.38. The Bertz CT molecular complexity index is 288. The molecule has 0 aromatic heterocycles. The van der Waals surface area contributed by atoms with Crippen molar-refractivity contribution in [1.82, 2.24) is 5.32 Å². The van der Waals surface area contributed by atoms with Crippen LogP contribution < -0.4 is 5.32 Å². The Balaban J connectivity index is 2.19. The molecule has 0 amide bonds. The van der Waals surface area contributed by atoms with E-state index >= 15 is 0 Å². The summed E-state index contributed by atoms with van der Waals surface area (Å²) in [7, 11) is 0. The number of allylic oxidation sites excluding steroid dienone is 1. The van der Waals surface area contributed by atoms with Crippen LogP contribution in [0.5, 0.6) is 0 Å². The van der Waals surface area contributed by atoms with Crippen molar-refractivity contribution in [2.24, 2.45) is 5.41 Å². The average Bonchev–Trinajstić information content (AvgIpc) is 2.23. The Morgan fingerprint density at radius 2 is 2.33 bits per heavy atom. The number of hydrogen-bond acceptors (Lipinski definition) is 3. The second-order valence-corrected chi connectivity index (χ2v) is 5.01. The summed E-state index contributed by atoms with van der Waals surface area (Å²) in [4.78, 5) is 11.5. The zero-order valence-corrected chi connectivity index (χ0v) is 9.51. The molecule has 2 rings (SSSR count). The Labute approximate surface area is 90.9 Å². The molecule has 1 N–H and O–H groups in total. The first-order valence-corrected chi connectivity index (χ1v) is 5.67. The van der Waals surface area contributed by atoms with Crippen LogP contribution in [0, 0.1) is 5.41 Å². The maximum atomic E-state index is 11.5. The predicted molar refractivity (Wildman–Crippen MR) is 58.7 cm³/mol. The summed E-state index contributed by atoms with van der Waals surface area (Å²) in [6.07, 6.45) is 3.52. The van der Waals surface area contributed by atoms with Gasteiger partial charge in [0.05, 0.1) is 12.7 Å². The second-order valence-electron chi connectivity index (χ2n) is 5.01. The van der Waals surface area contributed by atoms with Crippen LogP contribution in [-0.2, 0) is 9.53 Å². The van der Waals surface area contributed by atoms with Crippen molar-refractivity contribution in [1.29, 1.82) is 0 Å². The first-order valence-electron chi connectivity index (χ1n) is 5.67. The van der Waals surface area contributed by atoms with Crippen LogP contribution >= 0.6 is 0 Å². The molecule has 1 aliphatic carbocycles. The molecule has 0 saturated carbocycles. The van der Waals surface area contributed by atoms with Crippen molar-refractivity contribution < 1.29 is 9.53 Å². The molecule has 2 aliphatic rings. The second kappa shape index (κ2) is 4.06. The lowest BCUT2D eigenvalue weighted by molar-refractivity contribution is -0.116. The fourth-order valence-electron chi connectivity index (χ4n) is 2.31. The molecular weight excluding hydrogens is 190 g/mol. The molecule has 84 valence electrons. The summed E-state index contributed by atoms with van der Waals surface area (Å²) in [5.74, 6) is 0.249. The van der Waals surface area contributed by atoms with E-state index in [-0.39, 0.29) is 17.3 Å². The van der Waals surface area contributed by atoms with Crippen molar-refractivity contribution in [3.05, 3.63) is 11.6 Å². The number of hydrogen-bond donors (Lipinski definition) is 1. The van der Waals surface area contributed by atoms with E-state index in [1.807, 2.05) is 0 Å². The molecule has 0 aromatic carbocycles. The summed E-state index contributed by atoms with van der Waals surface area (Å²) >= 11 is 0. The van der Waals surface area contributed by atoms with Crippen molar-refractivity contribution in [3.8, 4) is 0 Å². The van der Waals surface area contributed by atoms with E-state index in [1.165, 1.54) is 5.57 Å². The highest BCUT2D eigenvalue weighted by atomic mass is 16.5. The zero-order chi connectivity index (χ0) is 10.9. The van der Waals surface area contributed by atoms with Gasteiger partial charge in [-0.25, -0.2) is 0 Å². The van der Waals surface area contributed by atoms with Gasteiger partial charge in [-0.15, -0.1) is 0 Å². The maximum absolute atomic E-state index is 11.5. The highest BCUT2D eigenvalue weighted by Gasteiger charge is 2.34. The Kier molecular flexibility index (Phi) is 2.94. The molecular formula is C12H19NO2. The zero-order valence-electron chi connectivity index (χ0n) is 9.51. The van der Waals surface area contributed by atoms with Gasteiger partial charge in [0.25, 0.3) is 0 Å². The lowest BCUT2D eigenvalue weighted by atomic mass is 9.73. The molecule has 0 radical (unpaired) electrons. The number of carbonyl (C=O) groups is 1. The molecule has 1 aliphatic heterocycles. The number of ether oxygens (including phenoxy) is 1. The van der Waals surface area contributed by atoms with Crippen molar-refractivity contribution >= 4 is 5.78 Å². The van der Waals surface area contributed by atoms with Crippen LogP contribution in [-0.4, -0.2) is 31.6 Å². The van der Waals surface area contributed by atoms with E-state index in [0.717, 1.165) is 26.1 Å². The van der Waals surface area contributed by atoms with Crippen molar-refractivity contribution in [3.63, 3.8) is 0 Å². The normalized spacial score (nSPS) is 31.2. The monoisotopic (exact) mass is 209 g/mol. The topological polar surface area (TPSA) is 38.3 Å². The first kappa shape index (κ1) is 10.8. The van der Waals surface area contributed by atoms with Gasteiger partial charge in [0.2, 0.25) is 0 Å². The minimum absolute atomic E-state index is 0.0954. The minimum atomic E-state index is 0.0954. The van der Waals surface area contributed by atoms with Crippen LogP contribution in [0.15, 0.2) is 11.6 Å². The van der Waals surface area contributed by atoms with Gasteiger partial charge < -0.3 is 10.1 Å². The number of nitrogens with one attached hydrogen (secondary N) is 1. The minimum Gasteiger partial charge on any atom is -0.371 e. The molecule has 1 atom stereocenters. The predicted octanol–water partition coefficient (Wildman–Crippen LogP) is 1.29. The SMILES string of the molecule is CC1(C)CCC(=O)C=C1C1CNCCO1. The van der Waals surface area contributed by atoms with Gasteiger partial charge in [0, 0.05) is 19.5 Å². The van der Waals surface area contributed by atoms with E-state index in [0.29, 0.717) is 6.42 Å². The number of carbonyl (C=O) groups excluding carboxylic acids is 1. The van der Waals surface area contributed by atoms with E-state index in [4.69, 9.17) is 4.74 Å². The molecule has 1 saturated heterocycles. The average molecular weight is 209 g/mol. The summed E-state index contributed by atoms with van der Waals surface area (Å²) in [6.45, 7) is 6.89. The van der Waals surface area contributed by atoms with E-state index in [2.05, 4.69) is 19.2 Å². The Morgan fingerprint density at radius 3 is 3.00 bits per heavy atom. The fraction of sp³-hybridized carbons (Fsp3) is 0.750. The van der Waals surface area contributed by atoms with Crippen LogP contribution in [0.1, 0.15) is 26.7 Å². The van der Waals surface area contributed by atoms with E-state index < -0.39 is 0 Å². The van der Waals surface area contributed by atoms with Gasteiger partial charge in [-0.1, -0.05) is 13.8 Å². The van der Waals surface area contributed by atoms with Gasteiger partial charge >= 0.3 is 0 Å². The van der Waals surface area contributed by atoms with Crippen molar-refractivity contribution in [2.45, 2.75) is 32.8 Å². The summed E-state index contributed by atoms with van der Waals surface area (Å²) in [5.41, 5.74) is 1.28. The molecule has 1 heterocycles. The number of morpholine rings is 1. The Morgan fingerprint density at radius 1 is 1.53 bits per heavy atom. The van der Waals surface area contributed by atoms with Crippen LogP contribution in [0.3, 0.4) is 0 Å². The van der Waals surface area contributed by atoms with Gasteiger partial charge in [-0.2, -0.15) is 0 Å². The van der Waals surface area contributed by atoms with Crippen LogP contribution in [0.25, 0.3) is 0 Å². The van der Waals surface area contributed by atoms with Crippen LogP contribution in [0.2, 0.25) is 0 Å². The van der Waals surface area contributed by atoms with Gasteiger partial charge in [0.15, 0.2) is 5.78 Å². The molecule has 1 unspecified atom stereocenters. The third-order valence-electron chi connectivity index (χ3n) is 3.37. The summed E-state index contributed by atoms with van der Waals surface area (Å²) < 4.78 is 5.72. The Hall–Kier alpha value is -0.670.